The average molecular weight is 503 g/mol. The van der Waals surface area contributed by atoms with Gasteiger partial charge in [-0.25, -0.2) is 4.79 Å². The topological polar surface area (TPSA) is 130 Å². The van der Waals surface area contributed by atoms with Gasteiger partial charge in [-0.3, -0.25) is 9.59 Å². The number of esters is 2. The second-order valence-corrected chi connectivity index (χ2v) is 8.44. The largest absolute Gasteiger partial charge is 0.481 e. The SMILES string of the molecule is C[C@@H]1CCC/C=C/C=C/[C@H](O)C[C@@H](O)C/C=C\C=C\[C@@H](OC(=O)CCC(=O)O)C/C=C/C=C\C(=O)O1. The highest BCUT2D eigenvalue weighted by atomic mass is 16.5. The third-order valence-corrected chi connectivity index (χ3v) is 5.05. The zero-order valence-electron chi connectivity index (χ0n) is 20.8. The number of aliphatic hydroxyl groups is 2. The van der Waals surface area contributed by atoms with E-state index in [9.17, 15) is 24.6 Å². The predicted octanol–water partition coefficient (Wildman–Crippen LogP) is 4.11. The van der Waals surface area contributed by atoms with E-state index in [-0.39, 0.29) is 25.4 Å². The molecule has 0 aliphatic carbocycles. The molecule has 36 heavy (non-hydrogen) atoms. The minimum absolute atomic E-state index is 0.198. The Balaban J connectivity index is 2.86. The maximum atomic E-state index is 11.9. The van der Waals surface area contributed by atoms with Gasteiger partial charge in [0.1, 0.15) is 6.10 Å². The van der Waals surface area contributed by atoms with E-state index >= 15 is 0 Å². The number of allylic oxidation sites excluding steroid dienone is 7. The molecule has 0 saturated carbocycles. The number of carbonyl (C=O) groups excluding carboxylic acids is 2. The lowest BCUT2D eigenvalue weighted by atomic mass is 10.1. The Hall–Kier alpha value is -3.23. The summed E-state index contributed by atoms with van der Waals surface area (Å²) < 4.78 is 10.7. The minimum Gasteiger partial charge on any atom is -0.481 e. The van der Waals surface area contributed by atoms with Crippen LogP contribution in [0.1, 0.15) is 58.3 Å². The molecule has 0 aromatic heterocycles. The molecule has 1 aliphatic rings. The van der Waals surface area contributed by atoms with E-state index < -0.39 is 36.2 Å². The number of aliphatic hydroxyl groups excluding tert-OH is 2. The van der Waals surface area contributed by atoms with Crippen LogP contribution in [0.25, 0.3) is 0 Å². The molecule has 1 heterocycles. The molecule has 3 N–H and O–H groups in total. The van der Waals surface area contributed by atoms with E-state index in [0.717, 1.165) is 12.8 Å². The number of cyclic esters (lactones) is 1. The Morgan fingerprint density at radius 1 is 0.972 bits per heavy atom. The molecular formula is C28H38O8. The van der Waals surface area contributed by atoms with Crippen molar-refractivity contribution in [3.63, 3.8) is 0 Å². The molecule has 0 radical (unpaired) electrons. The van der Waals surface area contributed by atoms with E-state index in [2.05, 4.69) is 0 Å². The van der Waals surface area contributed by atoms with E-state index in [1.807, 2.05) is 19.1 Å². The van der Waals surface area contributed by atoms with Gasteiger partial charge in [-0.15, -0.1) is 0 Å². The fraction of sp³-hybridized carbons (Fsp3) is 0.464. The average Bonchev–Trinajstić information content (AvgIpc) is 2.80. The molecule has 0 spiro atoms. The van der Waals surface area contributed by atoms with Gasteiger partial charge in [-0.2, -0.15) is 0 Å². The van der Waals surface area contributed by atoms with Crippen molar-refractivity contribution >= 4 is 17.9 Å². The summed E-state index contributed by atoms with van der Waals surface area (Å²) in [5.74, 6) is -2.16. The molecule has 0 unspecified atom stereocenters. The number of aliphatic carboxylic acids is 1. The van der Waals surface area contributed by atoms with E-state index in [4.69, 9.17) is 14.6 Å². The van der Waals surface area contributed by atoms with Crippen molar-refractivity contribution in [1.82, 2.24) is 0 Å². The third kappa shape index (κ3) is 17.2. The van der Waals surface area contributed by atoms with Gasteiger partial charge in [0.25, 0.3) is 0 Å². The van der Waals surface area contributed by atoms with Crippen LogP contribution < -0.4 is 0 Å². The summed E-state index contributed by atoms with van der Waals surface area (Å²) in [5.41, 5.74) is 0. The highest BCUT2D eigenvalue weighted by Crippen LogP contribution is 2.09. The lowest BCUT2D eigenvalue weighted by Gasteiger charge is -2.12. The van der Waals surface area contributed by atoms with E-state index in [1.54, 1.807) is 54.7 Å². The Bertz CT molecular complexity index is 850. The first kappa shape index (κ1) is 30.8. The Morgan fingerprint density at radius 2 is 1.67 bits per heavy atom. The van der Waals surface area contributed by atoms with Crippen molar-refractivity contribution in [2.45, 2.75) is 82.7 Å². The highest BCUT2D eigenvalue weighted by Gasteiger charge is 2.12. The number of carboxylic acid groups (broad SMARTS) is 1. The standard InChI is InChI=1S/C28H38O8/c1-22-13-7-3-2-4-8-14-23(29)21-24(30)15-9-5-10-16-25(36-28(34)20-19-26(31)32)17-11-6-12-18-27(33)35-22/h2,4-6,8-12,14,16,18,22-25,29-30H,3,7,13,15,17,19-21H2,1H3,(H,31,32)/b4-2+,9-5-,11-6+,14-8+,16-10+,18-12-/t22-,23+,24+,25-/m1/s1. The lowest BCUT2D eigenvalue weighted by Crippen LogP contribution is -2.16. The molecule has 198 valence electrons. The molecule has 0 bridgehead atoms. The molecule has 1 rings (SSSR count). The first-order valence-corrected chi connectivity index (χ1v) is 12.2. The normalized spacial score (nSPS) is 30.5. The van der Waals surface area contributed by atoms with E-state index in [1.165, 1.54) is 6.08 Å². The van der Waals surface area contributed by atoms with Gasteiger partial charge in [-0.05, 0) is 38.7 Å². The summed E-state index contributed by atoms with van der Waals surface area (Å²) in [7, 11) is 0. The fourth-order valence-corrected chi connectivity index (χ4v) is 3.17. The number of carbonyl (C=O) groups is 3. The minimum atomic E-state index is -1.08. The first-order chi connectivity index (χ1) is 17.3. The summed E-state index contributed by atoms with van der Waals surface area (Å²) in [6, 6.07) is 0. The molecule has 1 aliphatic heterocycles. The zero-order valence-corrected chi connectivity index (χ0v) is 20.8. The maximum absolute atomic E-state index is 11.9. The van der Waals surface area contributed by atoms with Crippen LogP contribution in [0.15, 0.2) is 72.9 Å². The van der Waals surface area contributed by atoms with Crippen LogP contribution >= 0.6 is 0 Å². The molecule has 0 aromatic rings. The van der Waals surface area contributed by atoms with Crippen LogP contribution in [0.4, 0.5) is 0 Å². The molecule has 0 aromatic carbocycles. The maximum Gasteiger partial charge on any atom is 0.331 e. The third-order valence-electron chi connectivity index (χ3n) is 5.05. The van der Waals surface area contributed by atoms with Gasteiger partial charge in [0, 0.05) is 18.9 Å². The number of carboxylic acids is 1. The van der Waals surface area contributed by atoms with Gasteiger partial charge >= 0.3 is 17.9 Å². The lowest BCUT2D eigenvalue weighted by molar-refractivity contribution is -0.150. The van der Waals surface area contributed by atoms with Crippen molar-refractivity contribution < 1.29 is 39.2 Å². The second kappa shape index (κ2) is 19.0. The number of ether oxygens (including phenoxy) is 2. The van der Waals surface area contributed by atoms with Gasteiger partial charge in [0.2, 0.25) is 0 Å². The smallest absolute Gasteiger partial charge is 0.331 e. The second-order valence-electron chi connectivity index (χ2n) is 8.44. The molecule has 0 saturated heterocycles. The van der Waals surface area contributed by atoms with Crippen LogP contribution in [0.5, 0.6) is 0 Å². The molecule has 8 nitrogen and oxygen atoms in total. The van der Waals surface area contributed by atoms with Gasteiger partial charge in [0.05, 0.1) is 31.2 Å². The summed E-state index contributed by atoms with van der Waals surface area (Å²) >= 11 is 0. The van der Waals surface area contributed by atoms with Crippen LogP contribution in [-0.2, 0) is 23.9 Å². The predicted molar refractivity (Wildman–Crippen MR) is 137 cm³/mol. The van der Waals surface area contributed by atoms with Crippen LogP contribution in [0.2, 0.25) is 0 Å². The summed E-state index contributed by atoms with van der Waals surface area (Å²) in [5, 5.41) is 28.9. The first-order valence-electron chi connectivity index (χ1n) is 12.2. The number of hydrogen-bond acceptors (Lipinski definition) is 7. The van der Waals surface area contributed by atoms with Crippen LogP contribution in [-0.4, -0.2) is 57.6 Å². The highest BCUT2D eigenvalue weighted by molar-refractivity contribution is 5.82. The summed E-state index contributed by atoms with van der Waals surface area (Å²) in [4.78, 5) is 34.6. The quantitative estimate of drug-likeness (QED) is 0.490. The van der Waals surface area contributed by atoms with Gasteiger partial charge in [-0.1, -0.05) is 60.8 Å². The van der Waals surface area contributed by atoms with Crippen molar-refractivity contribution in [3.8, 4) is 0 Å². The van der Waals surface area contributed by atoms with Crippen molar-refractivity contribution in [2.24, 2.45) is 0 Å². The Kier molecular flexibility index (Phi) is 16.3. The van der Waals surface area contributed by atoms with Gasteiger partial charge < -0.3 is 24.8 Å². The monoisotopic (exact) mass is 502 g/mol. The van der Waals surface area contributed by atoms with Crippen LogP contribution in [0.3, 0.4) is 0 Å². The van der Waals surface area contributed by atoms with E-state index in [0.29, 0.717) is 19.3 Å². The van der Waals surface area contributed by atoms with Crippen LogP contribution in [0, 0.1) is 0 Å². The molecule has 4 atom stereocenters. The van der Waals surface area contributed by atoms with Gasteiger partial charge in [0.15, 0.2) is 0 Å². The van der Waals surface area contributed by atoms with Crippen molar-refractivity contribution in [3.05, 3.63) is 72.9 Å². The molecule has 0 fully saturated rings. The number of rotatable bonds is 4. The molecular weight excluding hydrogens is 464 g/mol. The Morgan fingerprint density at radius 3 is 2.44 bits per heavy atom. The number of hydrogen-bond donors (Lipinski definition) is 3. The van der Waals surface area contributed by atoms with Crippen molar-refractivity contribution in [2.75, 3.05) is 0 Å². The fourth-order valence-electron chi connectivity index (χ4n) is 3.17. The Labute approximate surface area is 213 Å². The summed E-state index contributed by atoms with van der Waals surface area (Å²) in [6.07, 6.45) is 20.5. The molecule has 0 amide bonds. The zero-order chi connectivity index (χ0) is 26.6. The van der Waals surface area contributed by atoms with Crippen molar-refractivity contribution in [1.29, 1.82) is 0 Å². The molecule has 8 heteroatoms. The summed E-state index contributed by atoms with van der Waals surface area (Å²) in [6.45, 7) is 1.83.